The molecular weight excluding hydrogens is 305 g/mol. The zero-order chi connectivity index (χ0) is 15.6. The molecule has 4 heteroatoms. The minimum Gasteiger partial charge on any atom is -0.292 e. The third kappa shape index (κ3) is 3.10. The summed E-state index contributed by atoms with van der Waals surface area (Å²) >= 11 is 12.2. The van der Waals surface area contributed by atoms with Crippen molar-refractivity contribution in [1.29, 1.82) is 5.26 Å². The van der Waals surface area contributed by atoms with Gasteiger partial charge in [0.1, 0.15) is 5.92 Å². The highest BCUT2D eigenvalue weighted by Crippen LogP contribution is 2.33. The molecule has 0 bridgehead atoms. The number of nitrogens with zero attached hydrogens (tertiary/aromatic N) is 1. The van der Waals surface area contributed by atoms with E-state index in [0.717, 1.165) is 11.1 Å². The first kappa shape index (κ1) is 15.6. The second-order valence-corrected chi connectivity index (χ2v) is 5.69. The third-order valence-corrected chi connectivity index (χ3v) is 3.99. The molecule has 0 aliphatic rings. The number of nitriles is 1. The summed E-state index contributed by atoms with van der Waals surface area (Å²) in [5.41, 5.74) is 2.79. The number of ketones is 1. The van der Waals surface area contributed by atoms with Crippen LogP contribution in [-0.2, 0) is 0 Å². The number of carbonyl (C=O) groups is 1. The van der Waals surface area contributed by atoms with Crippen molar-refractivity contribution in [3.8, 4) is 6.07 Å². The Balaban J connectivity index is 2.52. The van der Waals surface area contributed by atoms with Crippen LogP contribution in [-0.4, -0.2) is 5.78 Å². The molecule has 0 aliphatic heterocycles. The van der Waals surface area contributed by atoms with Gasteiger partial charge in [-0.2, -0.15) is 5.26 Å². The minimum atomic E-state index is -1.01. The molecule has 0 aromatic heterocycles. The molecule has 2 aromatic carbocycles. The Morgan fingerprint density at radius 1 is 1.14 bits per heavy atom. The van der Waals surface area contributed by atoms with Crippen molar-refractivity contribution in [3.63, 3.8) is 0 Å². The van der Waals surface area contributed by atoms with Gasteiger partial charge in [-0.05, 0) is 31.5 Å². The van der Waals surface area contributed by atoms with Crippen molar-refractivity contribution in [2.45, 2.75) is 19.8 Å². The number of carbonyl (C=O) groups excluding carboxylic acids is 1. The van der Waals surface area contributed by atoms with E-state index in [1.54, 1.807) is 24.3 Å². The zero-order valence-electron chi connectivity index (χ0n) is 11.7. The Kier molecular flexibility index (Phi) is 4.67. The van der Waals surface area contributed by atoms with E-state index < -0.39 is 5.92 Å². The fraction of sp³-hybridized carbons (Fsp3) is 0.176. The lowest BCUT2D eigenvalue weighted by atomic mass is 9.89. The summed E-state index contributed by atoms with van der Waals surface area (Å²) < 4.78 is 0. The molecule has 0 heterocycles. The Labute approximate surface area is 133 Å². The first-order valence-corrected chi connectivity index (χ1v) is 7.16. The number of benzene rings is 2. The standard InChI is InChI=1S/C17H13Cl2NO/c1-10-6-7-12(11(2)8-10)17(21)13(9-20)16-14(18)4-3-5-15(16)19/h3-8,13H,1-2H3. The summed E-state index contributed by atoms with van der Waals surface area (Å²) in [6.07, 6.45) is 0. The van der Waals surface area contributed by atoms with Gasteiger partial charge in [0.15, 0.2) is 5.78 Å². The fourth-order valence-electron chi connectivity index (χ4n) is 2.29. The topological polar surface area (TPSA) is 40.9 Å². The second-order valence-electron chi connectivity index (χ2n) is 4.88. The molecule has 0 saturated carbocycles. The second kappa shape index (κ2) is 6.30. The van der Waals surface area contributed by atoms with Crippen molar-refractivity contribution in [2.75, 3.05) is 0 Å². The van der Waals surface area contributed by atoms with E-state index >= 15 is 0 Å². The van der Waals surface area contributed by atoms with Gasteiger partial charge in [-0.1, -0.05) is 53.0 Å². The summed E-state index contributed by atoms with van der Waals surface area (Å²) in [4.78, 5) is 12.7. The van der Waals surface area contributed by atoms with Gasteiger partial charge in [0.2, 0.25) is 0 Å². The van der Waals surface area contributed by atoms with Gasteiger partial charge in [-0.25, -0.2) is 0 Å². The molecule has 0 amide bonds. The van der Waals surface area contributed by atoms with Crippen LogP contribution in [0.25, 0.3) is 0 Å². The Hall–Kier alpha value is -1.82. The number of Topliss-reactive ketones (excluding diaryl/α,β-unsaturated/α-hetero) is 1. The van der Waals surface area contributed by atoms with Crippen LogP contribution in [0.5, 0.6) is 0 Å². The maximum absolute atomic E-state index is 12.7. The minimum absolute atomic E-state index is 0.287. The Morgan fingerprint density at radius 2 is 1.76 bits per heavy atom. The number of rotatable bonds is 3. The van der Waals surface area contributed by atoms with Gasteiger partial charge in [-0.3, -0.25) is 4.79 Å². The molecule has 21 heavy (non-hydrogen) atoms. The molecule has 106 valence electrons. The Morgan fingerprint density at radius 3 is 2.29 bits per heavy atom. The monoisotopic (exact) mass is 317 g/mol. The summed E-state index contributed by atoms with van der Waals surface area (Å²) in [5.74, 6) is -1.29. The SMILES string of the molecule is Cc1ccc(C(=O)C(C#N)c2c(Cl)cccc2Cl)c(C)c1. The molecule has 0 spiro atoms. The highest BCUT2D eigenvalue weighted by Gasteiger charge is 2.27. The molecule has 2 rings (SSSR count). The molecule has 2 nitrogen and oxygen atoms in total. The summed E-state index contributed by atoms with van der Waals surface area (Å²) in [7, 11) is 0. The molecule has 0 radical (unpaired) electrons. The lowest BCUT2D eigenvalue weighted by molar-refractivity contribution is 0.0978. The van der Waals surface area contributed by atoms with Gasteiger partial charge in [-0.15, -0.1) is 0 Å². The molecular formula is C17H13Cl2NO. The number of hydrogen-bond donors (Lipinski definition) is 0. The predicted molar refractivity (Wildman–Crippen MR) is 85.1 cm³/mol. The molecule has 0 aliphatic carbocycles. The van der Waals surface area contributed by atoms with Gasteiger partial charge in [0.25, 0.3) is 0 Å². The average molecular weight is 318 g/mol. The summed E-state index contributed by atoms with van der Waals surface area (Å²) in [5, 5.41) is 10.1. The highest BCUT2D eigenvalue weighted by atomic mass is 35.5. The molecule has 0 N–H and O–H groups in total. The maximum atomic E-state index is 12.7. The van der Waals surface area contributed by atoms with Crippen LogP contribution in [0.1, 0.15) is 33.0 Å². The first-order chi connectivity index (χ1) is 9.95. The zero-order valence-corrected chi connectivity index (χ0v) is 13.2. The van der Waals surface area contributed by atoms with E-state index in [1.165, 1.54) is 0 Å². The third-order valence-electron chi connectivity index (χ3n) is 3.33. The normalized spacial score (nSPS) is 11.8. The smallest absolute Gasteiger partial charge is 0.184 e. The Bertz CT molecular complexity index is 727. The van der Waals surface area contributed by atoms with E-state index in [2.05, 4.69) is 0 Å². The molecule has 2 aromatic rings. The van der Waals surface area contributed by atoms with E-state index in [0.29, 0.717) is 21.2 Å². The lowest BCUT2D eigenvalue weighted by Gasteiger charge is -2.14. The van der Waals surface area contributed by atoms with Crippen molar-refractivity contribution in [3.05, 3.63) is 68.7 Å². The van der Waals surface area contributed by atoms with Crippen molar-refractivity contribution >= 4 is 29.0 Å². The first-order valence-electron chi connectivity index (χ1n) is 6.40. The average Bonchev–Trinajstić information content (AvgIpc) is 2.42. The van der Waals surface area contributed by atoms with Gasteiger partial charge >= 0.3 is 0 Å². The van der Waals surface area contributed by atoms with Crippen LogP contribution in [0.4, 0.5) is 0 Å². The fourth-order valence-corrected chi connectivity index (χ4v) is 2.90. The van der Waals surface area contributed by atoms with E-state index in [4.69, 9.17) is 23.2 Å². The highest BCUT2D eigenvalue weighted by molar-refractivity contribution is 6.36. The van der Waals surface area contributed by atoms with E-state index in [9.17, 15) is 10.1 Å². The number of halogens is 2. The quantitative estimate of drug-likeness (QED) is 0.739. The molecule has 0 saturated heterocycles. The summed E-state index contributed by atoms with van der Waals surface area (Å²) in [6, 6.07) is 12.5. The van der Waals surface area contributed by atoms with Gasteiger partial charge in [0, 0.05) is 21.2 Å². The van der Waals surface area contributed by atoms with Crippen molar-refractivity contribution < 1.29 is 4.79 Å². The predicted octanol–water partition coefficient (Wildman–Crippen LogP) is 5.10. The maximum Gasteiger partial charge on any atom is 0.184 e. The van der Waals surface area contributed by atoms with Gasteiger partial charge in [0.05, 0.1) is 6.07 Å². The largest absolute Gasteiger partial charge is 0.292 e. The van der Waals surface area contributed by atoms with E-state index in [-0.39, 0.29) is 5.78 Å². The molecule has 1 atom stereocenters. The van der Waals surface area contributed by atoms with Crippen molar-refractivity contribution in [2.24, 2.45) is 0 Å². The van der Waals surface area contributed by atoms with Crippen LogP contribution in [0.2, 0.25) is 10.0 Å². The van der Waals surface area contributed by atoms with Crippen LogP contribution in [0, 0.1) is 25.2 Å². The van der Waals surface area contributed by atoms with Crippen LogP contribution in [0.15, 0.2) is 36.4 Å². The molecule has 1 unspecified atom stereocenters. The van der Waals surface area contributed by atoms with Crippen LogP contribution < -0.4 is 0 Å². The van der Waals surface area contributed by atoms with Crippen LogP contribution in [0.3, 0.4) is 0 Å². The van der Waals surface area contributed by atoms with E-state index in [1.807, 2.05) is 32.0 Å². The lowest BCUT2D eigenvalue weighted by Crippen LogP contribution is -2.13. The molecule has 0 fully saturated rings. The van der Waals surface area contributed by atoms with Gasteiger partial charge < -0.3 is 0 Å². The number of aryl methyl sites for hydroxylation is 2. The van der Waals surface area contributed by atoms with Crippen LogP contribution >= 0.6 is 23.2 Å². The van der Waals surface area contributed by atoms with Crippen molar-refractivity contribution in [1.82, 2.24) is 0 Å². The summed E-state index contributed by atoms with van der Waals surface area (Å²) in [6.45, 7) is 3.80. The number of hydrogen-bond acceptors (Lipinski definition) is 2.